The van der Waals surface area contributed by atoms with E-state index in [1.165, 1.54) is 0 Å². The zero-order valence-electron chi connectivity index (χ0n) is 32.6. The zero-order chi connectivity index (χ0) is 38.1. The van der Waals surface area contributed by atoms with Gasteiger partial charge in [0, 0.05) is 58.5 Å². The maximum absolute atomic E-state index is 14.2. The highest BCUT2D eigenvalue weighted by atomic mass is 16.7. The molecule has 12 heteroatoms. The summed E-state index contributed by atoms with van der Waals surface area (Å²) in [5.41, 5.74) is 8.33. The quantitative estimate of drug-likeness (QED) is 0.308. The second-order valence-corrected chi connectivity index (χ2v) is 17.2. The van der Waals surface area contributed by atoms with Crippen LogP contribution in [0.1, 0.15) is 89.9 Å². The molecule has 12 unspecified atom stereocenters. The van der Waals surface area contributed by atoms with Crippen LogP contribution in [0.15, 0.2) is 24.3 Å². The Bertz CT molecular complexity index is 1400. The Morgan fingerprint density at radius 1 is 0.764 bits per heavy atom. The first-order valence-corrected chi connectivity index (χ1v) is 21.1. The van der Waals surface area contributed by atoms with E-state index in [1.807, 2.05) is 0 Å². The standard InChI is InChI=1S/C43H63NO11/c1-5-15-47-30(23-44)21-37-38(46-4)31-20-26(45)19-29-11-13-33-40(52-29)41(43-42(54-33)39-34(55-43)14-17-49-39)48-16-6-7-28-18-25(3)32(51-28)12-10-27-9-8-24(2)35(50-27)22-36(31)53-37/h1,27-43H,2-3,6-23,44H2,4H3/t27-,28?,29?,30?,31?,32+,33?,34?,35?,36?,37?,38-,39?,40+,41?,42+,43?/m1/s1. The van der Waals surface area contributed by atoms with Gasteiger partial charge in [0.05, 0.1) is 67.1 Å². The first kappa shape index (κ1) is 40.1. The fourth-order valence-corrected chi connectivity index (χ4v) is 10.8. The smallest absolute Gasteiger partial charge is 0.135 e. The number of nitrogens with two attached hydrogens (primary N) is 1. The molecule has 2 N–H and O–H groups in total. The summed E-state index contributed by atoms with van der Waals surface area (Å²) in [6.07, 6.45) is 12.9. The van der Waals surface area contributed by atoms with Crippen LogP contribution < -0.4 is 5.73 Å². The van der Waals surface area contributed by atoms with Crippen molar-refractivity contribution >= 4 is 5.78 Å². The van der Waals surface area contributed by atoms with Gasteiger partial charge in [-0.25, -0.2) is 0 Å². The minimum absolute atomic E-state index is 0.00515. The third kappa shape index (κ3) is 8.84. The van der Waals surface area contributed by atoms with Gasteiger partial charge in [-0.1, -0.05) is 19.1 Å². The SMILES string of the molecule is C#CCOC(CN)CC1OC2CC3O[C@H](CCC3=C)CC[C@@H]3OC(CCCOC4C5OC6CCOC6[C@@H]5OC5CCC(CC(=O)CC2[C@H]1OC)O[C@@H]54)CC3=C. The van der Waals surface area contributed by atoms with Gasteiger partial charge in [0.2, 0.25) is 0 Å². The van der Waals surface area contributed by atoms with Crippen LogP contribution in [0.5, 0.6) is 0 Å². The van der Waals surface area contributed by atoms with Gasteiger partial charge in [-0.3, -0.25) is 4.79 Å². The summed E-state index contributed by atoms with van der Waals surface area (Å²) in [7, 11) is 1.69. The van der Waals surface area contributed by atoms with Crippen LogP contribution in [-0.2, 0) is 52.2 Å². The molecule has 0 saturated carbocycles. The Labute approximate surface area is 326 Å². The van der Waals surface area contributed by atoms with Gasteiger partial charge in [-0.15, -0.1) is 6.42 Å². The number of carbonyl (C=O) groups is 1. The van der Waals surface area contributed by atoms with Gasteiger partial charge < -0.3 is 53.1 Å². The normalized spacial score (nSPS) is 45.8. The summed E-state index contributed by atoms with van der Waals surface area (Å²) in [6, 6.07) is 0. The first-order chi connectivity index (χ1) is 26.8. The van der Waals surface area contributed by atoms with Gasteiger partial charge >= 0.3 is 0 Å². The lowest BCUT2D eigenvalue weighted by atomic mass is 9.83. The summed E-state index contributed by atoms with van der Waals surface area (Å²) in [5.74, 6) is 2.46. The number of fused-ring (bicyclic) bond motifs is 10. The van der Waals surface area contributed by atoms with Crippen LogP contribution in [0.2, 0.25) is 0 Å². The number of hydrogen-bond acceptors (Lipinski definition) is 12. The number of rotatable bonds is 6. The van der Waals surface area contributed by atoms with E-state index in [4.69, 9.17) is 59.5 Å². The molecule has 8 aliphatic heterocycles. The molecule has 0 amide bonds. The minimum Gasteiger partial charge on any atom is -0.378 e. The predicted molar refractivity (Wildman–Crippen MR) is 201 cm³/mol. The van der Waals surface area contributed by atoms with Crippen LogP contribution in [0.4, 0.5) is 0 Å². The highest BCUT2D eigenvalue weighted by Gasteiger charge is 2.60. The molecule has 8 fully saturated rings. The summed E-state index contributed by atoms with van der Waals surface area (Å²) in [4.78, 5) is 14.2. The molecule has 0 aromatic carbocycles. The van der Waals surface area contributed by atoms with Crippen molar-refractivity contribution < 1.29 is 52.2 Å². The molecule has 17 atom stereocenters. The lowest BCUT2D eigenvalue weighted by Gasteiger charge is -2.48. The van der Waals surface area contributed by atoms with Gasteiger partial charge in [0.1, 0.15) is 42.9 Å². The van der Waals surface area contributed by atoms with Crippen LogP contribution in [0.3, 0.4) is 0 Å². The first-order valence-electron chi connectivity index (χ1n) is 21.1. The number of ketones is 1. The molecule has 8 saturated heterocycles. The lowest BCUT2D eigenvalue weighted by molar-refractivity contribution is -0.271. The Morgan fingerprint density at radius 2 is 1.53 bits per heavy atom. The molecular weight excluding hydrogens is 706 g/mol. The Kier molecular flexibility index (Phi) is 13.1. The minimum atomic E-state index is -0.339. The van der Waals surface area contributed by atoms with Crippen molar-refractivity contribution in [1.82, 2.24) is 0 Å². The summed E-state index contributed by atoms with van der Waals surface area (Å²) in [5, 5.41) is 0. The largest absolute Gasteiger partial charge is 0.378 e. The summed E-state index contributed by atoms with van der Waals surface area (Å²) in [6.45, 7) is 10.5. The highest BCUT2D eigenvalue weighted by molar-refractivity contribution is 5.79. The van der Waals surface area contributed by atoms with Gasteiger partial charge in [-0.05, 0) is 75.4 Å². The molecule has 6 bridgehead atoms. The molecule has 12 nitrogen and oxygen atoms in total. The molecular formula is C43H63NO11. The van der Waals surface area contributed by atoms with Crippen molar-refractivity contribution in [3.05, 3.63) is 24.3 Å². The van der Waals surface area contributed by atoms with Crippen molar-refractivity contribution in [1.29, 1.82) is 0 Å². The molecule has 0 aliphatic carbocycles. The van der Waals surface area contributed by atoms with Crippen molar-refractivity contribution in [2.75, 3.05) is 33.5 Å². The maximum atomic E-state index is 14.2. The fraction of sp³-hybridized carbons (Fsp3) is 0.837. The van der Waals surface area contributed by atoms with Crippen molar-refractivity contribution in [2.45, 2.75) is 188 Å². The van der Waals surface area contributed by atoms with E-state index in [-0.39, 0.29) is 116 Å². The van der Waals surface area contributed by atoms with E-state index >= 15 is 0 Å². The second kappa shape index (κ2) is 18.0. The van der Waals surface area contributed by atoms with Crippen LogP contribution in [0, 0.1) is 18.3 Å². The van der Waals surface area contributed by atoms with Crippen molar-refractivity contribution in [3.63, 3.8) is 0 Å². The van der Waals surface area contributed by atoms with Gasteiger partial charge in [0.15, 0.2) is 0 Å². The van der Waals surface area contributed by atoms with Crippen LogP contribution in [-0.4, -0.2) is 137 Å². The number of ether oxygens (including phenoxy) is 10. The van der Waals surface area contributed by atoms with E-state index in [9.17, 15) is 4.79 Å². The molecule has 55 heavy (non-hydrogen) atoms. The second-order valence-electron chi connectivity index (χ2n) is 17.2. The Hall–Kier alpha value is -1.73. The molecule has 0 aromatic heterocycles. The average molecular weight is 770 g/mol. The number of hydrogen-bond donors (Lipinski definition) is 1. The number of methoxy groups -OCH3 is 1. The highest BCUT2D eigenvalue weighted by Crippen LogP contribution is 2.45. The topological polar surface area (TPSA) is 135 Å². The van der Waals surface area contributed by atoms with E-state index < -0.39 is 0 Å². The fourth-order valence-electron chi connectivity index (χ4n) is 10.8. The third-order valence-electron chi connectivity index (χ3n) is 13.6. The molecule has 306 valence electrons. The summed E-state index contributed by atoms with van der Waals surface area (Å²) >= 11 is 0. The van der Waals surface area contributed by atoms with E-state index in [1.54, 1.807) is 7.11 Å². The Balaban J connectivity index is 1.02. The average Bonchev–Trinajstić information content (AvgIpc) is 3.94. The van der Waals surface area contributed by atoms with E-state index in [2.05, 4.69) is 19.1 Å². The van der Waals surface area contributed by atoms with Crippen molar-refractivity contribution in [2.24, 2.45) is 11.7 Å². The number of terminal acetylenes is 1. The number of Topliss-reactive ketones (excluding diaryl/α,β-unsaturated/α-hetero) is 1. The number of carbonyl (C=O) groups excluding carboxylic acids is 1. The zero-order valence-corrected chi connectivity index (χ0v) is 32.6. The molecule has 0 radical (unpaired) electrons. The molecule has 8 aliphatic rings. The van der Waals surface area contributed by atoms with Gasteiger partial charge in [-0.2, -0.15) is 0 Å². The molecule has 0 aromatic rings. The molecule has 8 rings (SSSR count). The van der Waals surface area contributed by atoms with Gasteiger partial charge in [0.25, 0.3) is 0 Å². The third-order valence-corrected chi connectivity index (χ3v) is 13.6. The van der Waals surface area contributed by atoms with E-state index in [0.717, 1.165) is 75.4 Å². The monoisotopic (exact) mass is 769 g/mol. The predicted octanol–water partition coefficient (Wildman–Crippen LogP) is 4.14. The summed E-state index contributed by atoms with van der Waals surface area (Å²) < 4.78 is 65.1. The Morgan fingerprint density at radius 3 is 2.35 bits per heavy atom. The molecule has 0 spiro atoms. The maximum Gasteiger partial charge on any atom is 0.135 e. The van der Waals surface area contributed by atoms with Crippen LogP contribution >= 0.6 is 0 Å². The molecule has 8 heterocycles. The lowest BCUT2D eigenvalue weighted by Crippen LogP contribution is -2.62. The van der Waals surface area contributed by atoms with Crippen LogP contribution in [0.25, 0.3) is 0 Å². The van der Waals surface area contributed by atoms with Crippen molar-refractivity contribution in [3.8, 4) is 12.3 Å². The van der Waals surface area contributed by atoms with E-state index in [0.29, 0.717) is 45.4 Å².